The molecule has 130 valence electrons. The molecule has 0 aromatic rings. The normalized spacial score (nSPS) is 18.5. The molecule has 1 aliphatic rings. The highest BCUT2D eigenvalue weighted by atomic mass is 16.5. The number of hydrogen-bond donors (Lipinski definition) is 2. The standard InChI is InChI=1S/C16H34N4O2/c1-5-17-16(18-7-6-10-22-14(2)3)19-13-15(4)20-8-11-21-12-9-20/h14-15H,5-13H2,1-4H3,(H2,17,18,19). The smallest absolute Gasteiger partial charge is 0.191 e. The molecule has 1 saturated heterocycles. The van der Waals surface area contributed by atoms with Gasteiger partial charge in [0.25, 0.3) is 0 Å². The van der Waals surface area contributed by atoms with Crippen molar-refractivity contribution in [2.45, 2.75) is 46.3 Å². The summed E-state index contributed by atoms with van der Waals surface area (Å²) in [6, 6.07) is 0.448. The van der Waals surface area contributed by atoms with Crippen LogP contribution in [-0.4, -0.2) is 75.5 Å². The van der Waals surface area contributed by atoms with Crippen molar-refractivity contribution < 1.29 is 9.47 Å². The van der Waals surface area contributed by atoms with Crippen molar-refractivity contribution in [3.8, 4) is 0 Å². The van der Waals surface area contributed by atoms with Gasteiger partial charge in [0.15, 0.2) is 5.96 Å². The average molecular weight is 314 g/mol. The zero-order valence-corrected chi connectivity index (χ0v) is 14.7. The lowest BCUT2D eigenvalue weighted by Gasteiger charge is -2.31. The van der Waals surface area contributed by atoms with Crippen molar-refractivity contribution in [1.29, 1.82) is 0 Å². The summed E-state index contributed by atoms with van der Waals surface area (Å²) in [6.45, 7) is 15.5. The Kier molecular flexibility index (Phi) is 10.2. The van der Waals surface area contributed by atoms with Gasteiger partial charge in [-0.3, -0.25) is 9.89 Å². The van der Waals surface area contributed by atoms with Crippen LogP contribution in [0.2, 0.25) is 0 Å². The zero-order valence-electron chi connectivity index (χ0n) is 14.7. The fourth-order valence-electron chi connectivity index (χ4n) is 2.30. The molecule has 6 nitrogen and oxygen atoms in total. The van der Waals surface area contributed by atoms with Crippen LogP contribution in [0.15, 0.2) is 4.99 Å². The molecular weight excluding hydrogens is 280 g/mol. The van der Waals surface area contributed by atoms with Crippen LogP contribution in [0, 0.1) is 0 Å². The molecular formula is C16H34N4O2. The van der Waals surface area contributed by atoms with Gasteiger partial charge < -0.3 is 20.1 Å². The molecule has 0 radical (unpaired) electrons. The number of aliphatic imine (C=N–C) groups is 1. The van der Waals surface area contributed by atoms with Crippen LogP contribution in [0.3, 0.4) is 0 Å². The van der Waals surface area contributed by atoms with E-state index in [4.69, 9.17) is 14.5 Å². The fraction of sp³-hybridized carbons (Fsp3) is 0.938. The quantitative estimate of drug-likeness (QED) is 0.379. The highest BCUT2D eigenvalue weighted by Gasteiger charge is 2.16. The minimum atomic E-state index is 0.302. The maximum Gasteiger partial charge on any atom is 0.191 e. The van der Waals surface area contributed by atoms with Crippen LogP contribution in [0.25, 0.3) is 0 Å². The van der Waals surface area contributed by atoms with E-state index < -0.39 is 0 Å². The van der Waals surface area contributed by atoms with Crippen LogP contribution in [-0.2, 0) is 9.47 Å². The third kappa shape index (κ3) is 8.56. The van der Waals surface area contributed by atoms with Gasteiger partial charge in [0.1, 0.15) is 0 Å². The highest BCUT2D eigenvalue weighted by molar-refractivity contribution is 5.79. The largest absolute Gasteiger partial charge is 0.379 e. The van der Waals surface area contributed by atoms with E-state index in [2.05, 4.69) is 43.2 Å². The van der Waals surface area contributed by atoms with Crippen molar-refractivity contribution in [2.24, 2.45) is 4.99 Å². The Bertz CT molecular complexity index is 305. The Morgan fingerprint density at radius 3 is 2.59 bits per heavy atom. The maximum absolute atomic E-state index is 5.54. The lowest BCUT2D eigenvalue weighted by molar-refractivity contribution is 0.0220. The summed E-state index contributed by atoms with van der Waals surface area (Å²) in [6.07, 6.45) is 1.29. The lowest BCUT2D eigenvalue weighted by atomic mass is 10.2. The summed E-state index contributed by atoms with van der Waals surface area (Å²) in [7, 11) is 0. The third-order valence-electron chi connectivity index (χ3n) is 3.59. The van der Waals surface area contributed by atoms with Gasteiger partial charge in [0.2, 0.25) is 0 Å². The Balaban J connectivity index is 2.27. The van der Waals surface area contributed by atoms with E-state index in [1.54, 1.807) is 0 Å². The van der Waals surface area contributed by atoms with Crippen molar-refractivity contribution in [2.75, 3.05) is 52.5 Å². The molecule has 1 rings (SSSR count). The van der Waals surface area contributed by atoms with E-state index >= 15 is 0 Å². The second-order valence-electron chi connectivity index (χ2n) is 5.92. The molecule has 0 aliphatic carbocycles. The molecule has 1 fully saturated rings. The van der Waals surface area contributed by atoms with Gasteiger partial charge in [-0.15, -0.1) is 0 Å². The molecule has 1 heterocycles. The Morgan fingerprint density at radius 2 is 1.95 bits per heavy atom. The molecule has 1 unspecified atom stereocenters. The Morgan fingerprint density at radius 1 is 1.23 bits per heavy atom. The summed E-state index contributed by atoms with van der Waals surface area (Å²) in [5, 5.41) is 6.66. The van der Waals surface area contributed by atoms with Gasteiger partial charge in [0, 0.05) is 38.8 Å². The van der Waals surface area contributed by atoms with Gasteiger partial charge in [-0.25, -0.2) is 0 Å². The Labute approximate surface area is 135 Å². The third-order valence-corrected chi connectivity index (χ3v) is 3.59. The molecule has 0 aromatic heterocycles. The predicted molar refractivity (Wildman–Crippen MR) is 91.5 cm³/mol. The maximum atomic E-state index is 5.54. The number of hydrogen-bond acceptors (Lipinski definition) is 4. The first-order valence-electron chi connectivity index (χ1n) is 8.59. The highest BCUT2D eigenvalue weighted by Crippen LogP contribution is 2.03. The van der Waals surface area contributed by atoms with E-state index in [1.165, 1.54) is 0 Å². The molecule has 1 aliphatic heterocycles. The molecule has 1 atom stereocenters. The molecule has 0 spiro atoms. The zero-order chi connectivity index (χ0) is 16.2. The minimum Gasteiger partial charge on any atom is -0.379 e. The molecule has 2 N–H and O–H groups in total. The topological polar surface area (TPSA) is 58.1 Å². The van der Waals surface area contributed by atoms with Gasteiger partial charge in [-0.05, 0) is 34.1 Å². The second kappa shape index (κ2) is 11.7. The summed E-state index contributed by atoms with van der Waals surface area (Å²) in [4.78, 5) is 7.13. The number of ether oxygens (including phenoxy) is 2. The molecule has 6 heteroatoms. The van der Waals surface area contributed by atoms with Crippen LogP contribution >= 0.6 is 0 Å². The van der Waals surface area contributed by atoms with Crippen LogP contribution in [0.5, 0.6) is 0 Å². The lowest BCUT2D eigenvalue weighted by Crippen LogP contribution is -2.44. The first kappa shape index (κ1) is 19.2. The summed E-state index contributed by atoms with van der Waals surface area (Å²) in [5.74, 6) is 0.896. The van der Waals surface area contributed by atoms with E-state index in [9.17, 15) is 0 Å². The van der Waals surface area contributed by atoms with Crippen molar-refractivity contribution in [1.82, 2.24) is 15.5 Å². The van der Waals surface area contributed by atoms with Gasteiger partial charge in [0.05, 0.1) is 25.9 Å². The van der Waals surface area contributed by atoms with Gasteiger partial charge in [-0.2, -0.15) is 0 Å². The number of morpholine rings is 1. The van der Waals surface area contributed by atoms with Gasteiger partial charge in [-0.1, -0.05) is 0 Å². The van der Waals surface area contributed by atoms with Crippen LogP contribution < -0.4 is 10.6 Å². The van der Waals surface area contributed by atoms with E-state index in [-0.39, 0.29) is 0 Å². The number of rotatable bonds is 9. The number of guanidine groups is 1. The first-order valence-corrected chi connectivity index (χ1v) is 8.59. The van der Waals surface area contributed by atoms with Crippen molar-refractivity contribution >= 4 is 5.96 Å². The molecule has 0 aromatic carbocycles. The summed E-state index contributed by atoms with van der Waals surface area (Å²) in [5.41, 5.74) is 0. The van der Waals surface area contributed by atoms with E-state index in [1.807, 2.05) is 0 Å². The monoisotopic (exact) mass is 314 g/mol. The second-order valence-corrected chi connectivity index (χ2v) is 5.92. The van der Waals surface area contributed by atoms with E-state index in [0.717, 1.165) is 64.9 Å². The minimum absolute atomic E-state index is 0.302. The Hall–Kier alpha value is -0.850. The molecule has 0 amide bonds. The number of nitrogens with zero attached hydrogens (tertiary/aromatic N) is 2. The van der Waals surface area contributed by atoms with Crippen LogP contribution in [0.4, 0.5) is 0 Å². The summed E-state index contributed by atoms with van der Waals surface area (Å²) < 4.78 is 10.9. The van der Waals surface area contributed by atoms with Crippen molar-refractivity contribution in [3.63, 3.8) is 0 Å². The van der Waals surface area contributed by atoms with Gasteiger partial charge >= 0.3 is 0 Å². The van der Waals surface area contributed by atoms with Crippen molar-refractivity contribution in [3.05, 3.63) is 0 Å². The fourth-order valence-corrected chi connectivity index (χ4v) is 2.30. The SMILES string of the molecule is CCNC(=NCC(C)N1CCOCC1)NCCCOC(C)C. The number of nitrogens with one attached hydrogen (secondary N) is 2. The predicted octanol–water partition coefficient (Wildman–Crippen LogP) is 1.08. The van der Waals surface area contributed by atoms with E-state index in [0.29, 0.717) is 12.1 Å². The molecule has 22 heavy (non-hydrogen) atoms. The molecule has 0 bridgehead atoms. The average Bonchev–Trinajstić information content (AvgIpc) is 2.52. The summed E-state index contributed by atoms with van der Waals surface area (Å²) >= 11 is 0. The first-order chi connectivity index (χ1) is 10.6. The van der Waals surface area contributed by atoms with Crippen LogP contribution in [0.1, 0.15) is 34.1 Å². The molecule has 0 saturated carbocycles.